The van der Waals surface area contributed by atoms with Crippen molar-refractivity contribution < 1.29 is 13.9 Å². The molecule has 3 heterocycles. The van der Waals surface area contributed by atoms with E-state index in [1.807, 2.05) is 37.3 Å². The predicted octanol–water partition coefficient (Wildman–Crippen LogP) is 3.73. The van der Waals surface area contributed by atoms with Gasteiger partial charge in [-0.05, 0) is 55.4 Å². The molecular formula is C22H22N4O3S. The Morgan fingerprint density at radius 2 is 2.00 bits per heavy atom. The number of carbonyl (C=O) groups excluding carboxylic acids is 1. The van der Waals surface area contributed by atoms with E-state index in [-0.39, 0.29) is 5.91 Å². The van der Waals surface area contributed by atoms with Gasteiger partial charge in [0.1, 0.15) is 29.6 Å². The Kier molecular flexibility index (Phi) is 5.41. The largest absolute Gasteiger partial charge is 0.486 e. The summed E-state index contributed by atoms with van der Waals surface area (Å²) in [6.07, 6.45) is 4.39. The number of thiocarbonyl (C=S) groups is 1. The third kappa shape index (κ3) is 3.99. The number of hydrogen-bond donors (Lipinski definition) is 1. The molecule has 1 fully saturated rings. The number of furan rings is 1. The summed E-state index contributed by atoms with van der Waals surface area (Å²) in [5.74, 6) is 1.73. The Labute approximate surface area is 179 Å². The topological polar surface area (TPSA) is 72.5 Å². The molecule has 0 atom stereocenters. The Balaban J connectivity index is 1.45. The van der Waals surface area contributed by atoms with Gasteiger partial charge in [-0.3, -0.25) is 9.48 Å². The van der Waals surface area contributed by atoms with Crippen LogP contribution in [-0.4, -0.2) is 20.8 Å². The number of hydrogen-bond acceptors (Lipinski definition) is 5. The van der Waals surface area contributed by atoms with Crippen molar-refractivity contribution in [3.05, 3.63) is 71.1 Å². The van der Waals surface area contributed by atoms with Crippen LogP contribution in [0.25, 0.3) is 6.08 Å². The van der Waals surface area contributed by atoms with Crippen molar-refractivity contribution in [2.45, 2.75) is 26.9 Å². The first-order chi connectivity index (χ1) is 14.4. The van der Waals surface area contributed by atoms with Gasteiger partial charge in [0.15, 0.2) is 5.11 Å². The molecule has 0 unspecified atom stereocenters. The van der Waals surface area contributed by atoms with E-state index in [1.165, 1.54) is 10.5 Å². The fraction of sp³-hybridized carbons (Fsp3) is 0.227. The van der Waals surface area contributed by atoms with Gasteiger partial charge < -0.3 is 14.5 Å². The summed E-state index contributed by atoms with van der Waals surface area (Å²) in [6.45, 7) is 4.25. The monoisotopic (exact) mass is 422 g/mol. The molecule has 0 aliphatic carbocycles. The van der Waals surface area contributed by atoms with Crippen molar-refractivity contribution in [1.29, 1.82) is 0 Å². The summed E-state index contributed by atoms with van der Waals surface area (Å²) in [5, 5.41) is 7.54. The maximum absolute atomic E-state index is 12.9. The van der Waals surface area contributed by atoms with E-state index < -0.39 is 0 Å². The second kappa shape index (κ2) is 8.16. The molecule has 1 amide bonds. The van der Waals surface area contributed by atoms with E-state index in [9.17, 15) is 4.79 Å². The van der Waals surface area contributed by atoms with E-state index in [0.29, 0.717) is 34.6 Å². The maximum Gasteiger partial charge on any atom is 0.281 e. The fourth-order valence-electron chi connectivity index (χ4n) is 3.23. The molecule has 1 saturated heterocycles. The molecule has 4 rings (SSSR count). The molecule has 1 N–H and O–H groups in total. The van der Waals surface area contributed by atoms with Crippen molar-refractivity contribution in [1.82, 2.24) is 15.1 Å². The quantitative estimate of drug-likeness (QED) is 0.482. The summed E-state index contributed by atoms with van der Waals surface area (Å²) >= 11 is 5.35. The van der Waals surface area contributed by atoms with Gasteiger partial charge >= 0.3 is 0 Å². The van der Waals surface area contributed by atoms with Crippen LogP contribution in [0.1, 0.15) is 29.7 Å². The molecule has 1 aromatic carbocycles. The molecule has 3 aromatic rings. The minimum Gasteiger partial charge on any atom is -0.486 e. The molecule has 1 aliphatic heterocycles. The second-order valence-corrected chi connectivity index (χ2v) is 7.38. The highest BCUT2D eigenvalue weighted by Crippen LogP contribution is 2.25. The summed E-state index contributed by atoms with van der Waals surface area (Å²) in [5.41, 5.74) is 2.99. The Morgan fingerprint density at radius 3 is 2.67 bits per heavy atom. The highest BCUT2D eigenvalue weighted by Gasteiger charge is 2.34. The minimum atomic E-state index is -0.249. The van der Waals surface area contributed by atoms with Crippen LogP contribution in [0.15, 0.2) is 52.7 Å². The van der Waals surface area contributed by atoms with Gasteiger partial charge in [-0.15, -0.1) is 0 Å². The molecule has 30 heavy (non-hydrogen) atoms. The number of nitrogens with one attached hydrogen (secondary N) is 1. The number of aryl methyl sites for hydroxylation is 3. The zero-order chi connectivity index (χ0) is 21.3. The summed E-state index contributed by atoms with van der Waals surface area (Å²) < 4.78 is 13.2. The van der Waals surface area contributed by atoms with Crippen molar-refractivity contribution in [2.24, 2.45) is 7.05 Å². The first-order valence-electron chi connectivity index (χ1n) is 9.62. The van der Waals surface area contributed by atoms with E-state index in [2.05, 4.69) is 17.3 Å². The minimum absolute atomic E-state index is 0.249. The summed E-state index contributed by atoms with van der Waals surface area (Å²) in [7, 11) is 1.80. The van der Waals surface area contributed by atoms with Crippen molar-refractivity contribution in [3.8, 4) is 5.75 Å². The van der Waals surface area contributed by atoms with E-state index in [0.717, 1.165) is 17.9 Å². The smallest absolute Gasteiger partial charge is 0.281 e. The lowest BCUT2D eigenvalue weighted by atomic mass is 10.2. The lowest BCUT2D eigenvalue weighted by Gasteiger charge is -2.11. The van der Waals surface area contributed by atoms with Crippen LogP contribution in [0.4, 0.5) is 5.69 Å². The summed E-state index contributed by atoms with van der Waals surface area (Å²) in [6, 6.07) is 11.6. The molecule has 0 saturated carbocycles. The molecule has 1 aliphatic rings. The van der Waals surface area contributed by atoms with Crippen LogP contribution in [-0.2, 0) is 24.9 Å². The van der Waals surface area contributed by atoms with Gasteiger partial charge in [0, 0.05) is 19.3 Å². The average Bonchev–Trinajstić information content (AvgIpc) is 3.39. The van der Waals surface area contributed by atoms with Crippen LogP contribution in [0.3, 0.4) is 0 Å². The Morgan fingerprint density at radius 1 is 1.23 bits per heavy atom. The lowest BCUT2D eigenvalue weighted by Crippen LogP contribution is -2.30. The highest BCUT2D eigenvalue weighted by molar-refractivity contribution is 7.80. The fourth-order valence-corrected chi connectivity index (χ4v) is 3.52. The lowest BCUT2D eigenvalue weighted by molar-refractivity contribution is -0.113. The number of benzene rings is 1. The Hall–Kier alpha value is -3.39. The number of aromatic nitrogens is 2. The second-order valence-electron chi connectivity index (χ2n) is 6.99. The van der Waals surface area contributed by atoms with Gasteiger partial charge in [0.05, 0.1) is 11.4 Å². The van der Waals surface area contributed by atoms with Gasteiger partial charge in [-0.2, -0.15) is 5.10 Å². The molecule has 0 radical (unpaired) electrons. The first-order valence-corrected chi connectivity index (χ1v) is 10.0. The first kappa shape index (κ1) is 19.9. The summed E-state index contributed by atoms with van der Waals surface area (Å²) in [4.78, 5) is 14.3. The average molecular weight is 423 g/mol. The zero-order valence-corrected chi connectivity index (χ0v) is 17.8. The molecule has 7 nitrogen and oxygen atoms in total. The van der Waals surface area contributed by atoms with Crippen LogP contribution >= 0.6 is 12.2 Å². The molecule has 154 valence electrons. The van der Waals surface area contributed by atoms with Gasteiger partial charge in [-0.1, -0.05) is 19.1 Å². The number of ether oxygens (including phenoxy) is 1. The molecule has 0 bridgehead atoms. The predicted molar refractivity (Wildman–Crippen MR) is 118 cm³/mol. The number of carbonyl (C=O) groups is 1. The molecule has 8 heteroatoms. The third-order valence-corrected chi connectivity index (χ3v) is 5.07. The Bertz CT molecular complexity index is 1130. The number of nitrogens with zero attached hydrogens (tertiary/aromatic N) is 3. The maximum atomic E-state index is 12.9. The van der Waals surface area contributed by atoms with Crippen molar-refractivity contribution >= 4 is 35.0 Å². The van der Waals surface area contributed by atoms with E-state index in [1.54, 1.807) is 30.1 Å². The van der Waals surface area contributed by atoms with Crippen molar-refractivity contribution in [3.63, 3.8) is 0 Å². The normalized spacial score (nSPS) is 15.2. The SMILES string of the molecule is CCc1ccc(OCc2ccc(/C=C3/NC(=S)N(c4cn(C)nc4C)C3=O)o2)cc1. The van der Waals surface area contributed by atoms with Gasteiger partial charge in [0.25, 0.3) is 5.91 Å². The number of amides is 1. The van der Waals surface area contributed by atoms with Crippen LogP contribution in [0.2, 0.25) is 0 Å². The highest BCUT2D eigenvalue weighted by atomic mass is 32.1. The molecular weight excluding hydrogens is 400 g/mol. The number of rotatable bonds is 6. The van der Waals surface area contributed by atoms with E-state index >= 15 is 0 Å². The van der Waals surface area contributed by atoms with Crippen molar-refractivity contribution in [2.75, 3.05) is 4.90 Å². The van der Waals surface area contributed by atoms with Gasteiger partial charge in [0.2, 0.25) is 0 Å². The number of anilines is 1. The van der Waals surface area contributed by atoms with Gasteiger partial charge in [-0.25, -0.2) is 4.90 Å². The van der Waals surface area contributed by atoms with Crippen LogP contribution < -0.4 is 15.0 Å². The molecule has 2 aromatic heterocycles. The van der Waals surface area contributed by atoms with Crippen LogP contribution in [0, 0.1) is 6.92 Å². The standard InChI is InChI=1S/C22H22N4O3S/c1-4-15-5-7-16(8-6-15)28-13-18-10-9-17(29-18)11-19-21(27)26(22(30)23-19)20-12-25(3)24-14(20)2/h5-12H,4,13H2,1-3H3,(H,23,30)/b19-11+. The third-order valence-electron chi connectivity index (χ3n) is 4.79. The zero-order valence-electron chi connectivity index (χ0n) is 17.0. The molecule has 0 spiro atoms. The van der Waals surface area contributed by atoms with Crippen LogP contribution in [0.5, 0.6) is 5.75 Å². The van der Waals surface area contributed by atoms with E-state index in [4.69, 9.17) is 21.4 Å².